The molecule has 1 saturated heterocycles. The maximum atomic E-state index is 6.22. The van der Waals surface area contributed by atoms with Crippen LogP contribution in [0.3, 0.4) is 0 Å². The number of hydrogen-bond donors (Lipinski definition) is 3. The lowest BCUT2D eigenvalue weighted by atomic mass is 10.1. The van der Waals surface area contributed by atoms with Gasteiger partial charge in [-0.05, 0) is 7.05 Å². The molecule has 0 saturated carbocycles. The van der Waals surface area contributed by atoms with E-state index in [0.717, 1.165) is 0 Å². The van der Waals surface area contributed by atoms with Gasteiger partial charge in [0.1, 0.15) is 11.3 Å². The number of hydrogen-bond acceptors (Lipinski definition) is 5. The lowest BCUT2D eigenvalue weighted by molar-refractivity contribution is -0.00611. The minimum Gasteiger partial charge on any atom is -0.299 e. The highest BCUT2D eigenvalue weighted by Gasteiger charge is 2.46. The van der Waals surface area contributed by atoms with E-state index in [9.17, 15) is 0 Å². The van der Waals surface area contributed by atoms with Gasteiger partial charge in [-0.25, -0.2) is 15.3 Å². The van der Waals surface area contributed by atoms with Crippen molar-refractivity contribution in [3.63, 3.8) is 0 Å². The molecule has 1 rings (SSSR count). The predicted molar refractivity (Wildman–Crippen MR) is 53.2 cm³/mol. The van der Waals surface area contributed by atoms with E-state index in [4.69, 9.17) is 5.73 Å². The van der Waals surface area contributed by atoms with Crippen molar-refractivity contribution in [3.8, 4) is 0 Å². The first-order valence-corrected chi connectivity index (χ1v) is 4.62. The fourth-order valence-electron chi connectivity index (χ4n) is 1.59. The molecule has 0 bridgehead atoms. The van der Waals surface area contributed by atoms with Crippen LogP contribution in [0.15, 0.2) is 0 Å². The van der Waals surface area contributed by atoms with Gasteiger partial charge >= 0.3 is 0 Å². The van der Waals surface area contributed by atoms with Gasteiger partial charge in [0.2, 0.25) is 0 Å². The van der Waals surface area contributed by atoms with Gasteiger partial charge in [0.25, 0.3) is 0 Å². The molecule has 0 aromatic carbocycles. The zero-order valence-corrected chi connectivity index (χ0v) is 8.97. The summed E-state index contributed by atoms with van der Waals surface area (Å²) in [5, 5.41) is 1.91. The fraction of sp³-hybridized carbons (Fsp3) is 1.00. The van der Waals surface area contributed by atoms with Gasteiger partial charge < -0.3 is 0 Å². The molecular formula is C7H18N4S. The van der Waals surface area contributed by atoms with E-state index >= 15 is 0 Å². The zero-order valence-electron chi connectivity index (χ0n) is 8.07. The lowest BCUT2D eigenvalue weighted by Gasteiger charge is -2.39. The monoisotopic (exact) mass is 190 g/mol. The minimum absolute atomic E-state index is 0.00222. The van der Waals surface area contributed by atoms with Crippen molar-refractivity contribution in [3.05, 3.63) is 0 Å². The van der Waals surface area contributed by atoms with Crippen molar-refractivity contribution in [1.82, 2.24) is 15.3 Å². The number of rotatable bonds is 1. The average molecular weight is 190 g/mol. The summed E-state index contributed by atoms with van der Waals surface area (Å²) in [7, 11) is 3.90. The lowest BCUT2D eigenvalue weighted by Crippen LogP contribution is -2.63. The van der Waals surface area contributed by atoms with Crippen LogP contribution >= 0.6 is 12.6 Å². The summed E-state index contributed by atoms with van der Waals surface area (Å²) in [5.74, 6) is -0.0935. The second-order valence-corrected chi connectivity index (χ2v) is 4.10. The predicted octanol–water partition coefficient (Wildman–Crippen LogP) is -0.150. The Kier molecular flexibility index (Phi) is 2.70. The summed E-state index contributed by atoms with van der Waals surface area (Å²) in [4.78, 5) is 2.01. The maximum Gasteiger partial charge on any atom is 0.142 e. The van der Waals surface area contributed by atoms with E-state index in [1.165, 1.54) is 0 Å². The topological polar surface area (TPSA) is 44.5 Å². The molecule has 2 atom stereocenters. The molecule has 1 fully saturated rings. The summed E-state index contributed by atoms with van der Waals surface area (Å²) >= 11 is 4.35. The number of nitrogens with zero attached hydrogens (tertiary/aromatic N) is 2. The Hall–Kier alpha value is 0.190. The first-order chi connectivity index (χ1) is 5.40. The Labute approximate surface area is 79.5 Å². The van der Waals surface area contributed by atoms with Crippen molar-refractivity contribution < 1.29 is 0 Å². The smallest absolute Gasteiger partial charge is 0.142 e. The highest BCUT2D eigenvalue weighted by molar-refractivity contribution is 7.80. The third-order valence-electron chi connectivity index (χ3n) is 2.63. The van der Waals surface area contributed by atoms with Gasteiger partial charge in [-0.1, -0.05) is 13.8 Å². The standard InChI is InChI=1S/C7H18N4S/c1-5(2)7(8)10(3)6(12)9-11(7)4/h5-6,9,12H,8H2,1-4H3. The SMILES string of the molecule is CC(C)C1(N)N(C)NC(S)N1C. The van der Waals surface area contributed by atoms with E-state index in [0.29, 0.717) is 5.92 Å². The molecule has 0 amide bonds. The molecule has 0 spiro atoms. The summed E-state index contributed by atoms with van der Waals surface area (Å²) in [5.41, 5.74) is 9.36. The second-order valence-electron chi connectivity index (χ2n) is 3.61. The third-order valence-corrected chi connectivity index (χ3v) is 3.09. The van der Waals surface area contributed by atoms with Crippen molar-refractivity contribution in [2.75, 3.05) is 14.1 Å². The van der Waals surface area contributed by atoms with E-state index in [-0.39, 0.29) is 5.50 Å². The van der Waals surface area contributed by atoms with Crippen molar-refractivity contribution in [1.29, 1.82) is 0 Å². The van der Waals surface area contributed by atoms with Crippen LogP contribution in [0.5, 0.6) is 0 Å². The summed E-state index contributed by atoms with van der Waals surface area (Å²) in [6.45, 7) is 4.20. The average Bonchev–Trinajstić information content (AvgIpc) is 2.16. The van der Waals surface area contributed by atoms with Gasteiger partial charge in [0, 0.05) is 13.0 Å². The van der Waals surface area contributed by atoms with Crippen molar-refractivity contribution in [2.45, 2.75) is 25.1 Å². The van der Waals surface area contributed by atoms with Crippen molar-refractivity contribution in [2.24, 2.45) is 11.7 Å². The molecule has 0 aromatic heterocycles. The molecule has 12 heavy (non-hydrogen) atoms. The fourth-order valence-corrected chi connectivity index (χ4v) is 1.95. The largest absolute Gasteiger partial charge is 0.299 e. The van der Waals surface area contributed by atoms with E-state index in [1.54, 1.807) is 0 Å². The molecule has 72 valence electrons. The Balaban J connectivity index is 2.88. The van der Waals surface area contributed by atoms with Gasteiger partial charge in [-0.3, -0.25) is 5.73 Å². The number of thiol groups is 1. The van der Waals surface area contributed by atoms with E-state index < -0.39 is 5.79 Å². The molecule has 1 aliphatic rings. The van der Waals surface area contributed by atoms with Gasteiger partial charge in [0.15, 0.2) is 0 Å². The van der Waals surface area contributed by atoms with Gasteiger partial charge in [-0.2, -0.15) is 0 Å². The highest BCUT2D eigenvalue weighted by atomic mass is 32.1. The number of hydrazine groups is 1. The second kappa shape index (κ2) is 3.16. The Morgan fingerprint density at radius 1 is 1.50 bits per heavy atom. The van der Waals surface area contributed by atoms with Crippen molar-refractivity contribution >= 4 is 12.6 Å². The number of nitrogens with one attached hydrogen (secondary N) is 1. The molecule has 4 nitrogen and oxygen atoms in total. The normalized spacial score (nSPS) is 39.8. The molecule has 0 radical (unpaired) electrons. The van der Waals surface area contributed by atoms with E-state index in [2.05, 4.69) is 31.9 Å². The third kappa shape index (κ3) is 1.25. The zero-order chi connectivity index (χ0) is 9.52. The maximum absolute atomic E-state index is 6.22. The molecule has 1 heterocycles. The van der Waals surface area contributed by atoms with Crippen LogP contribution in [0.4, 0.5) is 0 Å². The highest BCUT2D eigenvalue weighted by Crippen LogP contribution is 2.27. The minimum atomic E-state index is -0.438. The summed E-state index contributed by atoms with van der Waals surface area (Å²) in [6.07, 6.45) is 0. The molecule has 5 heteroatoms. The summed E-state index contributed by atoms with van der Waals surface area (Å²) in [6, 6.07) is 0. The van der Waals surface area contributed by atoms with Crippen LogP contribution in [0, 0.1) is 5.92 Å². The molecule has 2 unspecified atom stereocenters. The molecule has 1 aliphatic heterocycles. The van der Waals surface area contributed by atoms with E-state index in [1.807, 2.05) is 24.0 Å². The van der Waals surface area contributed by atoms with Crippen LogP contribution in [0.25, 0.3) is 0 Å². The Bertz CT molecular complexity index is 175. The van der Waals surface area contributed by atoms with Crippen LogP contribution < -0.4 is 11.2 Å². The van der Waals surface area contributed by atoms with Gasteiger partial charge in [-0.15, -0.1) is 12.6 Å². The quantitative estimate of drug-likeness (QED) is 0.503. The first-order valence-electron chi connectivity index (χ1n) is 4.10. The molecule has 3 N–H and O–H groups in total. The van der Waals surface area contributed by atoms with Crippen LogP contribution in [0.2, 0.25) is 0 Å². The van der Waals surface area contributed by atoms with Gasteiger partial charge in [0.05, 0.1) is 0 Å². The molecule has 0 aliphatic carbocycles. The Morgan fingerprint density at radius 3 is 2.17 bits per heavy atom. The van der Waals surface area contributed by atoms with Crippen LogP contribution in [-0.4, -0.2) is 35.3 Å². The Morgan fingerprint density at radius 2 is 2.00 bits per heavy atom. The first kappa shape index (κ1) is 10.3. The van der Waals surface area contributed by atoms with Crippen LogP contribution in [0.1, 0.15) is 13.8 Å². The number of nitrogens with two attached hydrogens (primary N) is 1. The molecular weight excluding hydrogens is 172 g/mol. The molecule has 0 aromatic rings. The summed E-state index contributed by atoms with van der Waals surface area (Å²) < 4.78 is 0. The van der Waals surface area contributed by atoms with Crippen LogP contribution in [-0.2, 0) is 0 Å².